The second kappa shape index (κ2) is 14.4. The van der Waals surface area contributed by atoms with Gasteiger partial charge in [-0.1, -0.05) is 76.1 Å². The Bertz CT molecular complexity index is 1140. The van der Waals surface area contributed by atoms with Crippen LogP contribution >= 0.6 is 0 Å². The smallest absolute Gasteiger partial charge is 0.290 e. The zero-order chi connectivity index (χ0) is 27.5. The fourth-order valence-electron chi connectivity index (χ4n) is 4.61. The summed E-state index contributed by atoms with van der Waals surface area (Å²) in [7, 11) is 1.57. The van der Waals surface area contributed by atoms with E-state index in [9.17, 15) is 14.7 Å². The van der Waals surface area contributed by atoms with E-state index < -0.39 is 23.5 Å². The molecule has 1 atom stereocenters. The third-order valence-electron chi connectivity index (χ3n) is 6.86. The first kappa shape index (κ1) is 29.0. The summed E-state index contributed by atoms with van der Waals surface area (Å²) in [5.74, 6) is -0.327. The van der Waals surface area contributed by atoms with Crippen LogP contribution in [0.4, 0.5) is 0 Å². The SMILES string of the molecule is CCCCCOc1ccc(C2C(C(=O)C=Cc3ccccc3)=C(O)C(=O)N2CCN(CC)CC)cc1OC. The van der Waals surface area contributed by atoms with Gasteiger partial charge in [-0.2, -0.15) is 0 Å². The van der Waals surface area contributed by atoms with Gasteiger partial charge in [-0.3, -0.25) is 9.59 Å². The first-order valence-corrected chi connectivity index (χ1v) is 13.5. The Morgan fingerprint density at radius 3 is 2.45 bits per heavy atom. The predicted octanol–water partition coefficient (Wildman–Crippen LogP) is 5.58. The molecular formula is C31H40N2O5. The summed E-state index contributed by atoms with van der Waals surface area (Å²) in [4.78, 5) is 30.5. The second-order valence-electron chi connectivity index (χ2n) is 9.26. The molecule has 2 aromatic carbocycles. The highest BCUT2D eigenvalue weighted by Crippen LogP contribution is 2.41. The number of methoxy groups -OCH3 is 1. The molecule has 1 aliphatic rings. The van der Waals surface area contributed by atoms with Crippen molar-refractivity contribution in [3.05, 3.63) is 77.1 Å². The van der Waals surface area contributed by atoms with Crippen molar-refractivity contribution in [3.63, 3.8) is 0 Å². The van der Waals surface area contributed by atoms with Crippen LogP contribution in [0, 0.1) is 0 Å². The summed E-state index contributed by atoms with van der Waals surface area (Å²) < 4.78 is 11.5. The number of aliphatic hydroxyl groups is 1. The van der Waals surface area contributed by atoms with Crippen LogP contribution in [-0.2, 0) is 9.59 Å². The van der Waals surface area contributed by atoms with Crippen LogP contribution in [-0.4, -0.2) is 66.5 Å². The van der Waals surface area contributed by atoms with Crippen LogP contribution in [0.3, 0.4) is 0 Å². The molecule has 1 amide bonds. The molecule has 1 unspecified atom stereocenters. The number of allylic oxidation sites excluding steroid dienone is 1. The van der Waals surface area contributed by atoms with E-state index in [4.69, 9.17) is 9.47 Å². The van der Waals surface area contributed by atoms with Gasteiger partial charge in [0.1, 0.15) is 0 Å². The molecule has 38 heavy (non-hydrogen) atoms. The summed E-state index contributed by atoms with van der Waals surface area (Å²) in [5, 5.41) is 10.9. The van der Waals surface area contributed by atoms with E-state index in [2.05, 4.69) is 25.7 Å². The molecule has 3 rings (SSSR count). The molecule has 0 saturated heterocycles. The lowest BCUT2D eigenvalue weighted by Crippen LogP contribution is -2.38. The molecule has 204 valence electrons. The van der Waals surface area contributed by atoms with Crippen LogP contribution in [0.25, 0.3) is 6.08 Å². The third-order valence-corrected chi connectivity index (χ3v) is 6.86. The molecule has 1 aliphatic heterocycles. The Labute approximate surface area is 226 Å². The third kappa shape index (κ3) is 7.04. The maximum Gasteiger partial charge on any atom is 0.290 e. The Hall–Kier alpha value is -3.58. The van der Waals surface area contributed by atoms with Crippen LogP contribution < -0.4 is 9.47 Å². The fraction of sp³-hybridized carbons (Fsp3) is 0.419. The van der Waals surface area contributed by atoms with E-state index in [0.29, 0.717) is 36.8 Å². The van der Waals surface area contributed by atoms with Gasteiger partial charge >= 0.3 is 0 Å². The average Bonchev–Trinajstić information content (AvgIpc) is 3.20. The first-order valence-electron chi connectivity index (χ1n) is 13.5. The minimum Gasteiger partial charge on any atom is -0.503 e. The number of hydrogen-bond acceptors (Lipinski definition) is 6. The molecule has 1 heterocycles. The van der Waals surface area contributed by atoms with Gasteiger partial charge in [0.05, 0.1) is 25.3 Å². The molecule has 0 bridgehead atoms. The van der Waals surface area contributed by atoms with Crippen molar-refractivity contribution in [3.8, 4) is 11.5 Å². The van der Waals surface area contributed by atoms with Gasteiger partial charge in [-0.05, 0) is 48.8 Å². The van der Waals surface area contributed by atoms with E-state index in [1.165, 1.54) is 6.08 Å². The Balaban J connectivity index is 1.96. The van der Waals surface area contributed by atoms with Crippen molar-refractivity contribution in [2.45, 2.75) is 46.1 Å². The molecule has 7 nitrogen and oxygen atoms in total. The minimum absolute atomic E-state index is 0.0698. The van der Waals surface area contributed by atoms with E-state index in [1.54, 1.807) is 24.2 Å². The topological polar surface area (TPSA) is 79.3 Å². The van der Waals surface area contributed by atoms with Gasteiger partial charge in [0.2, 0.25) is 0 Å². The molecule has 0 aromatic heterocycles. The van der Waals surface area contributed by atoms with Crippen LogP contribution in [0.15, 0.2) is 65.9 Å². The van der Waals surface area contributed by atoms with E-state index >= 15 is 0 Å². The van der Waals surface area contributed by atoms with Crippen molar-refractivity contribution in [1.29, 1.82) is 0 Å². The van der Waals surface area contributed by atoms with Gasteiger partial charge in [0.15, 0.2) is 23.0 Å². The number of carbonyl (C=O) groups excluding carboxylic acids is 2. The molecule has 0 spiro atoms. The molecule has 0 fully saturated rings. The molecule has 2 aromatic rings. The summed E-state index contributed by atoms with van der Waals surface area (Å²) >= 11 is 0. The lowest BCUT2D eigenvalue weighted by atomic mass is 9.95. The second-order valence-corrected chi connectivity index (χ2v) is 9.26. The number of amides is 1. The Morgan fingerprint density at radius 2 is 1.79 bits per heavy atom. The van der Waals surface area contributed by atoms with E-state index in [1.807, 2.05) is 42.5 Å². The van der Waals surface area contributed by atoms with Crippen molar-refractivity contribution in [2.24, 2.45) is 0 Å². The zero-order valence-electron chi connectivity index (χ0n) is 23.0. The number of ketones is 1. The van der Waals surface area contributed by atoms with Gasteiger partial charge in [-0.25, -0.2) is 0 Å². The quantitative estimate of drug-likeness (QED) is 0.244. The standard InChI is InChI=1S/C31H40N2O5/c1-5-8-12-21-38-26-18-16-24(22-27(26)37-4)29-28(25(34)17-15-23-13-10-9-11-14-23)30(35)31(36)33(29)20-19-32(6-2)7-3/h9-11,13-18,22,29,35H,5-8,12,19-21H2,1-4H3. The summed E-state index contributed by atoms with van der Waals surface area (Å²) in [5.41, 5.74) is 1.60. The number of carbonyl (C=O) groups is 2. The predicted molar refractivity (Wildman–Crippen MR) is 150 cm³/mol. The van der Waals surface area contributed by atoms with Crippen molar-refractivity contribution < 1.29 is 24.2 Å². The molecule has 0 radical (unpaired) electrons. The number of rotatable bonds is 15. The van der Waals surface area contributed by atoms with Crippen LogP contribution in [0.2, 0.25) is 0 Å². The molecule has 1 N–H and O–H groups in total. The highest BCUT2D eigenvalue weighted by molar-refractivity contribution is 6.14. The Kier molecular flexibility index (Phi) is 11.0. The van der Waals surface area contributed by atoms with Gasteiger partial charge < -0.3 is 24.4 Å². The van der Waals surface area contributed by atoms with Crippen LogP contribution in [0.1, 0.15) is 57.2 Å². The number of benzene rings is 2. The normalized spacial score (nSPS) is 15.7. The largest absolute Gasteiger partial charge is 0.503 e. The number of ether oxygens (including phenoxy) is 2. The zero-order valence-corrected chi connectivity index (χ0v) is 23.0. The summed E-state index contributed by atoms with van der Waals surface area (Å²) in [6, 6.07) is 14.1. The highest BCUT2D eigenvalue weighted by atomic mass is 16.5. The lowest BCUT2D eigenvalue weighted by Gasteiger charge is -2.29. The first-order chi connectivity index (χ1) is 18.4. The van der Waals surface area contributed by atoms with Crippen molar-refractivity contribution >= 4 is 17.8 Å². The van der Waals surface area contributed by atoms with Gasteiger partial charge in [-0.15, -0.1) is 0 Å². The maximum atomic E-state index is 13.4. The molecule has 0 saturated carbocycles. The minimum atomic E-state index is -0.742. The maximum absolute atomic E-state index is 13.4. The molecule has 0 aliphatic carbocycles. The number of nitrogens with zero attached hydrogens (tertiary/aromatic N) is 2. The van der Waals surface area contributed by atoms with Crippen molar-refractivity contribution in [2.75, 3.05) is 39.9 Å². The van der Waals surface area contributed by atoms with E-state index in [0.717, 1.165) is 37.9 Å². The van der Waals surface area contributed by atoms with Crippen molar-refractivity contribution in [1.82, 2.24) is 9.80 Å². The number of unbranched alkanes of at least 4 members (excludes halogenated alkanes) is 2. The Morgan fingerprint density at radius 1 is 1.05 bits per heavy atom. The molecule has 7 heteroatoms. The molecular weight excluding hydrogens is 480 g/mol. The van der Waals surface area contributed by atoms with Gasteiger partial charge in [0, 0.05) is 13.1 Å². The summed E-state index contributed by atoms with van der Waals surface area (Å²) in [6.45, 7) is 9.52. The lowest BCUT2D eigenvalue weighted by molar-refractivity contribution is -0.129. The summed E-state index contributed by atoms with van der Waals surface area (Å²) in [6.07, 6.45) is 6.23. The van der Waals surface area contributed by atoms with Gasteiger partial charge in [0.25, 0.3) is 5.91 Å². The fourth-order valence-corrected chi connectivity index (χ4v) is 4.61. The number of likely N-dealkylation sites (N-methyl/N-ethyl adjacent to an activating group) is 1. The number of aliphatic hydroxyl groups excluding tert-OH is 1. The van der Waals surface area contributed by atoms with E-state index in [-0.39, 0.29) is 5.57 Å². The van der Waals surface area contributed by atoms with Crippen LogP contribution in [0.5, 0.6) is 11.5 Å². The average molecular weight is 521 g/mol. The monoisotopic (exact) mass is 520 g/mol. The highest BCUT2D eigenvalue weighted by Gasteiger charge is 2.43. The number of hydrogen-bond donors (Lipinski definition) is 1.